The number of anilines is 4. The van der Waals surface area contributed by atoms with Gasteiger partial charge in [0.05, 0.1) is 130 Å². The number of hydrogen-bond acceptors (Lipinski definition) is 51. The Hall–Kier alpha value is -8.21. The van der Waals surface area contributed by atoms with E-state index in [1.807, 2.05) is 0 Å². The van der Waals surface area contributed by atoms with Gasteiger partial charge >= 0.3 is 52.9 Å². The van der Waals surface area contributed by atoms with Crippen molar-refractivity contribution in [2.24, 2.45) is 0 Å². The monoisotopic (exact) mass is 2220 g/mol. The molecule has 0 amide bonds. The molecule has 806 valence electrons. The number of nitrogens with zero attached hydrogens (tertiary/aromatic N) is 14. The van der Waals surface area contributed by atoms with Gasteiger partial charge in [0, 0.05) is 77.3 Å². The standard InChI is InChI=1S/C75H107N22O41P5S3/c1-33-21-92(73(103)85-57(33)76)66-52(118-15-10-113-5)47(98)38(129-66)24-125-142(111,145)138-51-42(133-70(56(51)122-19-14-117-9)97-32-84-46-61(97)87-72(79)89-65(46)102)28-127-143(112,146)137-50-40(130-68(55(50)121-18-13-116-8)94-23-35(3)63(100)91-75(94)105)26-124-140(108,109)135-48-39(132-69(54(48)120-17-12-115-7)96-31-83-45-60(96)86-71(78)88-64(45)101)25-123-139(106,107)136-49-41(131-67(53(49)119-16-11-114-6)93-22-34(2)62(99)90-74(93)104)27-126-141(110,144)134-37-20-43(128-36(37)4)95-30-82-44-58(77)80-29-81-59(44)95/h21-23,29-32,36-43,47-56,66-70,98H,10-20,24-28H2,1-9H3,(H,106,107)(H,108,109)(H,110,144)(H,111,145)(H,112,146)(H2,76,85,103)(H2,77,80,81)(H,90,99,104)(H,91,100,105)(H3,78,86,88,101)(H3,79,87,89,102)/t36-,37?,38-,39-,40-,41-,42-,43-,47?,48?,49?,50?,51?,52+,53+,54+,55+,56+,66-,67-,68-,69-,70-,141?,142?,143?/m1/s1. The number of aromatic nitrogens is 18. The van der Waals surface area contributed by atoms with Crippen LogP contribution in [0.15, 0.2) is 77.5 Å². The smallest absolute Gasteiger partial charge is 0.387 e. The molecule has 146 heavy (non-hydrogen) atoms. The van der Waals surface area contributed by atoms with E-state index < -0.39 is 274 Å². The number of thiol groups is 1. The van der Waals surface area contributed by atoms with E-state index in [1.54, 1.807) is 18.4 Å². The highest BCUT2D eigenvalue weighted by atomic mass is 32.7. The predicted octanol–water partition coefficient (Wildman–Crippen LogP) is -2.30. The third-order valence-corrected chi connectivity index (χ3v) is 30.2. The quantitative estimate of drug-likeness (QED) is 0.0108. The number of hydrogen-bond donors (Lipinski definition) is 14. The number of ether oxygens (including phenoxy) is 16. The molecule has 15 heterocycles. The number of aliphatic hydroxyl groups is 1. The molecular formula is C75H107N22O41P5S3. The molecule has 17 N–H and O–H groups in total. The van der Waals surface area contributed by atoms with Crippen LogP contribution in [0, 0.1) is 20.8 Å². The van der Waals surface area contributed by atoms with E-state index in [0.29, 0.717) is 11.2 Å². The molecule has 0 aliphatic carbocycles. The van der Waals surface area contributed by atoms with Gasteiger partial charge in [-0.3, -0.25) is 98.2 Å². The van der Waals surface area contributed by atoms with Gasteiger partial charge < -0.3 is 137 Å². The summed E-state index contributed by atoms with van der Waals surface area (Å²) in [6.07, 6.45) is -29.4. The van der Waals surface area contributed by atoms with Crippen LogP contribution in [0.5, 0.6) is 0 Å². The number of rotatable bonds is 51. The second kappa shape index (κ2) is 47.8. The summed E-state index contributed by atoms with van der Waals surface area (Å²) in [7, 11) is -5.23. The third kappa shape index (κ3) is 25.9. The number of H-pyrrole nitrogens is 4. The van der Waals surface area contributed by atoms with Crippen molar-refractivity contribution in [3.63, 3.8) is 0 Å². The number of nitrogens with two attached hydrogens (primary N) is 4. The minimum absolute atomic E-state index is 0.0249. The summed E-state index contributed by atoms with van der Waals surface area (Å²) < 4.78 is 209. The zero-order valence-electron chi connectivity index (χ0n) is 78.6. The molecule has 0 saturated carbocycles. The Morgan fingerprint density at radius 2 is 0.788 bits per heavy atom. The molecule has 9 aromatic rings. The van der Waals surface area contributed by atoms with Crippen LogP contribution in [-0.2, 0) is 158 Å². The summed E-state index contributed by atoms with van der Waals surface area (Å²) in [6, 6.07) is 0. The van der Waals surface area contributed by atoms with E-state index in [-0.39, 0.29) is 110 Å². The largest absolute Gasteiger partial charge is 0.472 e. The number of aliphatic hydroxyl groups excluding tert-OH is 1. The number of aromatic amines is 4. The molecule has 0 bridgehead atoms. The zero-order valence-corrected chi connectivity index (χ0v) is 85.6. The Kier molecular flexibility index (Phi) is 36.6. The molecule has 11 unspecified atom stereocenters. The predicted molar refractivity (Wildman–Crippen MR) is 506 cm³/mol. The number of nitrogens with one attached hydrogen (secondary N) is 4. The lowest BCUT2D eigenvalue weighted by Gasteiger charge is -2.30. The van der Waals surface area contributed by atoms with E-state index >= 15 is 13.7 Å². The van der Waals surface area contributed by atoms with E-state index in [0.717, 1.165) is 43.3 Å². The fourth-order valence-electron chi connectivity index (χ4n) is 16.6. The van der Waals surface area contributed by atoms with Gasteiger partial charge in [0.15, 0.2) is 64.9 Å². The van der Waals surface area contributed by atoms with Crippen LogP contribution < -0.4 is 62.2 Å². The lowest BCUT2D eigenvalue weighted by atomic mass is 10.1. The summed E-state index contributed by atoms with van der Waals surface area (Å²) in [5, 5.41) is 11.8. The Morgan fingerprint density at radius 1 is 0.411 bits per heavy atom. The van der Waals surface area contributed by atoms with Crippen LogP contribution >= 0.6 is 48.1 Å². The van der Waals surface area contributed by atoms with Gasteiger partial charge in [0.25, 0.3) is 22.2 Å². The lowest BCUT2D eigenvalue weighted by molar-refractivity contribution is -0.0838. The molecule has 9 aromatic heterocycles. The molecule has 0 radical (unpaired) electrons. The second-order valence-electron chi connectivity index (χ2n) is 33.3. The molecule has 6 aliphatic rings. The fourth-order valence-corrected chi connectivity index (χ4v) is 23.0. The molecule has 6 fully saturated rings. The minimum atomic E-state index is -5.99. The number of aryl methyl sites for hydroxylation is 3. The Morgan fingerprint density at radius 3 is 1.25 bits per heavy atom. The van der Waals surface area contributed by atoms with Crippen molar-refractivity contribution in [2.75, 3.05) is 158 Å². The van der Waals surface area contributed by atoms with E-state index in [4.69, 9.17) is 168 Å². The van der Waals surface area contributed by atoms with Crippen molar-refractivity contribution in [3.05, 3.63) is 133 Å². The summed E-state index contributed by atoms with van der Waals surface area (Å²) >= 11 is 15.7. The van der Waals surface area contributed by atoms with Crippen LogP contribution in [-0.4, -0.2) is 350 Å². The maximum absolute atomic E-state index is 15.7. The Bertz CT molecular complexity index is 6820. The molecule has 28 atom stereocenters. The average Bonchev–Trinajstić information content (AvgIpc) is 1.60. The number of nitrogen functional groups attached to an aromatic ring is 4. The highest BCUT2D eigenvalue weighted by molar-refractivity contribution is 8.44. The second-order valence-corrected chi connectivity index (χ2v) is 44.6. The normalized spacial score (nSPS) is 29.1. The number of methoxy groups -OCH3 is 5. The van der Waals surface area contributed by atoms with Gasteiger partial charge in [-0.1, -0.05) is 12.2 Å². The first-order chi connectivity index (χ1) is 69.4. The zero-order chi connectivity index (χ0) is 105. The number of imidazole rings is 3. The van der Waals surface area contributed by atoms with Gasteiger partial charge in [-0.25, -0.2) is 53.0 Å². The van der Waals surface area contributed by atoms with Gasteiger partial charge in [0.2, 0.25) is 11.9 Å². The van der Waals surface area contributed by atoms with Crippen LogP contribution in [0.3, 0.4) is 0 Å². The van der Waals surface area contributed by atoms with Crippen molar-refractivity contribution >= 4 is 129 Å². The number of phosphoric ester groups is 2. The fraction of sp³-hybridized carbons (Fsp3) is 0.640. The average molecular weight is 2220 g/mol. The maximum atomic E-state index is 15.7. The molecule has 63 nitrogen and oxygen atoms in total. The molecule has 71 heteroatoms. The number of fused-ring (bicyclic) bond motifs is 3. The first-order valence-corrected chi connectivity index (χ1v) is 55.1. The topological polar surface area (TPSA) is 812 Å². The molecule has 0 aromatic carbocycles. The van der Waals surface area contributed by atoms with Crippen molar-refractivity contribution in [2.45, 2.75) is 175 Å². The first-order valence-electron chi connectivity index (χ1n) is 44.2. The summed E-state index contributed by atoms with van der Waals surface area (Å²) in [5.74, 6) is -0.850. The van der Waals surface area contributed by atoms with Gasteiger partial charge in [0.1, 0.15) is 115 Å². The highest BCUT2D eigenvalue weighted by Gasteiger charge is 2.59. The molecular weight excluding hydrogens is 2120 g/mol. The van der Waals surface area contributed by atoms with Crippen molar-refractivity contribution in [1.29, 1.82) is 0 Å². The van der Waals surface area contributed by atoms with Crippen LogP contribution in [0.1, 0.15) is 67.4 Å². The van der Waals surface area contributed by atoms with Gasteiger partial charge in [-0.05, 0) is 51.3 Å². The van der Waals surface area contributed by atoms with Crippen LogP contribution in [0.4, 0.5) is 23.5 Å². The lowest BCUT2D eigenvalue weighted by Crippen LogP contribution is -2.42. The third-order valence-electron chi connectivity index (χ3n) is 23.5. The Labute approximate surface area is 837 Å². The van der Waals surface area contributed by atoms with Gasteiger partial charge in [-0.2, -0.15) is 15.0 Å². The van der Waals surface area contributed by atoms with Crippen molar-refractivity contribution in [3.8, 4) is 0 Å². The summed E-state index contributed by atoms with van der Waals surface area (Å²) in [4.78, 5) is 185. The van der Waals surface area contributed by atoms with Crippen molar-refractivity contribution < 1.29 is 159 Å². The number of phosphoric acid groups is 2. The van der Waals surface area contributed by atoms with Gasteiger partial charge in [-0.15, -0.1) is 0 Å². The minimum Gasteiger partial charge on any atom is -0.387 e. The highest BCUT2D eigenvalue weighted by Crippen LogP contribution is 2.60. The molecule has 6 aliphatic heterocycles. The SMILES string of the molecule is COCCO[C@H]1C(O)[C@@H](COP(O)(=S)OC2[C@@H](COP(=O)(S)OC3[C@@H](COP(=O)(O)OC4[C@@H](COP(=O)(O)OC5[C@@H](COP(O)(=S)OC6C[C@H](n7cnc8c(N)ncnc87)O[C@@H]6C)O[C@@H](n6cc(C)c(=O)[nH]c6=O)[C@H]5OCCOC)O[C@@H](n5cnc6c(=O)[nH]c(N)nc65)[C@H]4OCCOC)O[C@@H](n4cc(C)c(=O)[nH]c4=O)[C@H]3OCCOC)O[C@@H](n3cnc4c(=O)[nH]c(N)nc43)[C@H]2OCCOC)O[C@H]1n1cc(C)c(N)nc1=O. The molecule has 0 spiro atoms. The van der Waals surface area contributed by atoms with E-state index in [2.05, 4.69) is 72.1 Å². The van der Waals surface area contributed by atoms with E-state index in [1.165, 1.54) is 72.8 Å². The summed E-state index contributed by atoms with van der Waals surface area (Å²) in [5.41, 5.74) is 17.3. The molecule has 6 saturated heterocycles. The van der Waals surface area contributed by atoms with E-state index in [9.17, 15) is 58.2 Å². The Balaban J connectivity index is 0.724. The summed E-state index contributed by atoms with van der Waals surface area (Å²) in [6.45, 7) is -16.4. The molecule has 15 rings (SSSR count). The first kappa shape index (κ1) is 112. The maximum Gasteiger partial charge on any atom is 0.472 e. The van der Waals surface area contributed by atoms with Crippen LogP contribution in [0.2, 0.25) is 0 Å². The van der Waals surface area contributed by atoms with Crippen molar-refractivity contribution in [1.82, 2.24) is 87.2 Å². The van der Waals surface area contributed by atoms with Crippen LogP contribution in [0.25, 0.3) is 33.5 Å².